The average molecular weight is 254 g/mol. The van der Waals surface area contributed by atoms with Crippen LogP contribution in [0, 0.1) is 5.92 Å². The number of ether oxygens (including phenoxy) is 1. The van der Waals surface area contributed by atoms with Crippen LogP contribution in [0.1, 0.15) is 26.2 Å². The van der Waals surface area contributed by atoms with Crippen LogP contribution in [0.4, 0.5) is 0 Å². The average Bonchev–Trinajstić information content (AvgIpc) is 3.08. The molecule has 1 heterocycles. The second-order valence-corrected chi connectivity index (χ2v) is 5.15. The Morgan fingerprint density at radius 3 is 2.61 bits per heavy atom. The number of esters is 1. The summed E-state index contributed by atoms with van der Waals surface area (Å²) < 4.78 is 4.74. The van der Waals surface area contributed by atoms with Crippen molar-refractivity contribution in [3.05, 3.63) is 0 Å². The van der Waals surface area contributed by atoms with E-state index in [4.69, 9.17) is 4.74 Å². The molecule has 1 saturated heterocycles. The van der Waals surface area contributed by atoms with Gasteiger partial charge in [-0.05, 0) is 32.7 Å². The maximum atomic E-state index is 12.1. The van der Waals surface area contributed by atoms with Gasteiger partial charge in [0.2, 0.25) is 5.91 Å². The third kappa shape index (κ3) is 3.02. The van der Waals surface area contributed by atoms with E-state index in [1.807, 2.05) is 11.8 Å². The molecule has 2 rings (SSSR count). The maximum absolute atomic E-state index is 12.1. The zero-order valence-corrected chi connectivity index (χ0v) is 11.2. The Hall–Kier alpha value is -1.10. The molecule has 0 spiro atoms. The molecule has 1 amide bonds. The molecule has 2 fully saturated rings. The molecule has 0 radical (unpaired) electrons. The van der Waals surface area contributed by atoms with Crippen molar-refractivity contribution in [1.29, 1.82) is 0 Å². The van der Waals surface area contributed by atoms with Crippen molar-refractivity contribution in [2.24, 2.45) is 5.92 Å². The molecule has 0 aromatic rings. The van der Waals surface area contributed by atoms with Crippen LogP contribution >= 0.6 is 0 Å². The number of amides is 1. The SMILES string of the molecule is CCN(C(=O)CN1CCC(C(=O)OC)C1)C1CC1. The Morgan fingerprint density at radius 1 is 1.33 bits per heavy atom. The molecule has 0 aromatic carbocycles. The fraction of sp³-hybridized carbons (Fsp3) is 0.846. The first kappa shape index (κ1) is 13.3. The quantitative estimate of drug-likeness (QED) is 0.670. The third-order valence-corrected chi connectivity index (χ3v) is 3.81. The lowest BCUT2D eigenvalue weighted by molar-refractivity contribution is -0.145. The Balaban J connectivity index is 1.80. The third-order valence-electron chi connectivity index (χ3n) is 3.81. The number of hydrogen-bond acceptors (Lipinski definition) is 4. The normalized spacial score (nSPS) is 24.0. The molecule has 1 unspecified atom stereocenters. The predicted molar refractivity (Wildman–Crippen MR) is 67.0 cm³/mol. The van der Waals surface area contributed by atoms with Gasteiger partial charge in [-0.2, -0.15) is 0 Å². The van der Waals surface area contributed by atoms with Gasteiger partial charge in [-0.1, -0.05) is 0 Å². The summed E-state index contributed by atoms with van der Waals surface area (Å²) in [5, 5.41) is 0. The summed E-state index contributed by atoms with van der Waals surface area (Å²) in [6, 6.07) is 0.474. The van der Waals surface area contributed by atoms with Crippen LogP contribution in [0.25, 0.3) is 0 Å². The highest BCUT2D eigenvalue weighted by atomic mass is 16.5. The monoisotopic (exact) mass is 254 g/mol. The first-order valence-electron chi connectivity index (χ1n) is 6.75. The highest BCUT2D eigenvalue weighted by Crippen LogP contribution is 2.27. The Bertz CT molecular complexity index is 328. The van der Waals surface area contributed by atoms with E-state index in [0.29, 0.717) is 19.1 Å². The van der Waals surface area contributed by atoms with Crippen molar-refractivity contribution in [3.8, 4) is 0 Å². The van der Waals surface area contributed by atoms with Crippen LogP contribution in [-0.2, 0) is 14.3 Å². The highest BCUT2D eigenvalue weighted by Gasteiger charge is 2.34. The van der Waals surface area contributed by atoms with Crippen LogP contribution in [0.2, 0.25) is 0 Å². The minimum absolute atomic E-state index is 0.0567. The van der Waals surface area contributed by atoms with Gasteiger partial charge in [-0.15, -0.1) is 0 Å². The van der Waals surface area contributed by atoms with Gasteiger partial charge in [0.05, 0.1) is 19.6 Å². The van der Waals surface area contributed by atoms with E-state index >= 15 is 0 Å². The fourth-order valence-corrected chi connectivity index (χ4v) is 2.64. The second-order valence-electron chi connectivity index (χ2n) is 5.15. The summed E-state index contributed by atoms with van der Waals surface area (Å²) in [6.45, 7) is 4.72. The highest BCUT2D eigenvalue weighted by molar-refractivity contribution is 5.79. The van der Waals surface area contributed by atoms with Crippen molar-refractivity contribution < 1.29 is 14.3 Å². The Morgan fingerprint density at radius 2 is 2.06 bits per heavy atom. The topological polar surface area (TPSA) is 49.9 Å². The summed E-state index contributed by atoms with van der Waals surface area (Å²) in [6.07, 6.45) is 3.09. The van der Waals surface area contributed by atoms with Crippen molar-refractivity contribution in [1.82, 2.24) is 9.80 Å². The number of methoxy groups -OCH3 is 1. The van der Waals surface area contributed by atoms with Crippen molar-refractivity contribution in [2.75, 3.05) is 33.3 Å². The van der Waals surface area contributed by atoms with Gasteiger partial charge < -0.3 is 9.64 Å². The minimum Gasteiger partial charge on any atom is -0.469 e. The van der Waals surface area contributed by atoms with E-state index in [0.717, 1.165) is 32.4 Å². The lowest BCUT2D eigenvalue weighted by atomic mass is 10.1. The molecule has 102 valence electrons. The van der Waals surface area contributed by atoms with Gasteiger partial charge in [0, 0.05) is 19.1 Å². The molecular formula is C13H22N2O3. The summed E-state index contributed by atoms with van der Waals surface area (Å²) in [4.78, 5) is 27.6. The van der Waals surface area contributed by atoms with Crippen LogP contribution in [0.5, 0.6) is 0 Å². The standard InChI is InChI=1S/C13H22N2O3/c1-3-15(11-4-5-11)12(16)9-14-7-6-10(8-14)13(17)18-2/h10-11H,3-9H2,1-2H3. The molecule has 1 aliphatic carbocycles. The Labute approximate surface area is 108 Å². The summed E-state index contributed by atoms with van der Waals surface area (Å²) in [5.41, 5.74) is 0. The molecule has 5 heteroatoms. The van der Waals surface area contributed by atoms with E-state index in [2.05, 4.69) is 4.90 Å². The zero-order valence-electron chi connectivity index (χ0n) is 11.2. The molecule has 1 atom stereocenters. The number of likely N-dealkylation sites (N-methyl/N-ethyl adjacent to an activating group) is 1. The van der Waals surface area contributed by atoms with Gasteiger partial charge in [-0.25, -0.2) is 0 Å². The molecular weight excluding hydrogens is 232 g/mol. The van der Waals surface area contributed by atoms with Crippen molar-refractivity contribution >= 4 is 11.9 Å². The van der Waals surface area contributed by atoms with E-state index in [9.17, 15) is 9.59 Å². The molecule has 18 heavy (non-hydrogen) atoms. The van der Waals surface area contributed by atoms with E-state index < -0.39 is 0 Å². The zero-order chi connectivity index (χ0) is 13.1. The number of carbonyl (C=O) groups is 2. The molecule has 0 aromatic heterocycles. The van der Waals surface area contributed by atoms with E-state index in [1.165, 1.54) is 7.11 Å². The number of carbonyl (C=O) groups excluding carboxylic acids is 2. The largest absolute Gasteiger partial charge is 0.469 e. The summed E-state index contributed by atoms with van der Waals surface area (Å²) in [5.74, 6) is -0.0104. The number of rotatable bonds is 5. The van der Waals surface area contributed by atoms with Crippen molar-refractivity contribution in [2.45, 2.75) is 32.2 Å². The van der Waals surface area contributed by atoms with Gasteiger partial charge >= 0.3 is 5.97 Å². The fourth-order valence-electron chi connectivity index (χ4n) is 2.64. The van der Waals surface area contributed by atoms with Gasteiger partial charge in [0.25, 0.3) is 0 Å². The minimum atomic E-state index is -0.153. The molecule has 2 aliphatic rings. The van der Waals surface area contributed by atoms with Crippen LogP contribution in [0.15, 0.2) is 0 Å². The lowest BCUT2D eigenvalue weighted by Gasteiger charge is -2.23. The van der Waals surface area contributed by atoms with Gasteiger partial charge in [0.1, 0.15) is 0 Å². The smallest absolute Gasteiger partial charge is 0.310 e. The van der Waals surface area contributed by atoms with E-state index in [1.54, 1.807) is 0 Å². The van der Waals surface area contributed by atoms with Crippen LogP contribution in [0.3, 0.4) is 0 Å². The molecule has 1 aliphatic heterocycles. The molecule has 1 saturated carbocycles. The van der Waals surface area contributed by atoms with Crippen LogP contribution < -0.4 is 0 Å². The van der Waals surface area contributed by atoms with E-state index in [-0.39, 0.29) is 17.8 Å². The lowest BCUT2D eigenvalue weighted by Crippen LogP contribution is -2.41. The first-order chi connectivity index (χ1) is 8.65. The number of likely N-dealkylation sites (tertiary alicyclic amines) is 1. The molecule has 5 nitrogen and oxygen atoms in total. The number of nitrogens with zero attached hydrogens (tertiary/aromatic N) is 2. The second kappa shape index (κ2) is 5.69. The Kier molecular flexibility index (Phi) is 4.22. The molecule has 0 N–H and O–H groups in total. The molecule has 0 bridgehead atoms. The maximum Gasteiger partial charge on any atom is 0.310 e. The first-order valence-corrected chi connectivity index (χ1v) is 6.75. The summed E-state index contributed by atoms with van der Waals surface area (Å²) >= 11 is 0. The van der Waals surface area contributed by atoms with Gasteiger partial charge in [-0.3, -0.25) is 14.5 Å². The van der Waals surface area contributed by atoms with Crippen molar-refractivity contribution in [3.63, 3.8) is 0 Å². The van der Waals surface area contributed by atoms with Crippen LogP contribution in [-0.4, -0.2) is 61.0 Å². The summed E-state index contributed by atoms with van der Waals surface area (Å²) in [7, 11) is 1.42. The predicted octanol–water partition coefficient (Wildman–Crippen LogP) is 0.492. The van der Waals surface area contributed by atoms with Gasteiger partial charge in [0.15, 0.2) is 0 Å². The number of hydrogen-bond donors (Lipinski definition) is 0.